The lowest BCUT2D eigenvalue weighted by atomic mass is 9.81. The Balaban J connectivity index is 1.63. The van der Waals surface area contributed by atoms with Crippen molar-refractivity contribution in [1.29, 1.82) is 0 Å². The number of halogens is 2. The van der Waals surface area contributed by atoms with Gasteiger partial charge >= 0.3 is 0 Å². The molecule has 1 saturated carbocycles. The van der Waals surface area contributed by atoms with Gasteiger partial charge < -0.3 is 0 Å². The summed E-state index contributed by atoms with van der Waals surface area (Å²) < 4.78 is 31.6. The lowest BCUT2D eigenvalue weighted by Crippen LogP contribution is -2.18. The number of benzene rings is 1. The summed E-state index contributed by atoms with van der Waals surface area (Å²) in [6.07, 6.45) is 10.8. The van der Waals surface area contributed by atoms with Crippen LogP contribution in [-0.2, 0) is 13.5 Å². The van der Waals surface area contributed by atoms with E-state index in [-0.39, 0.29) is 11.5 Å². The average Bonchev–Trinajstić information content (AvgIpc) is 3.00. The van der Waals surface area contributed by atoms with Crippen LogP contribution in [0.3, 0.4) is 0 Å². The molecule has 28 heavy (non-hydrogen) atoms. The molecule has 1 aliphatic rings. The minimum atomic E-state index is -0.832. The zero-order valence-electron chi connectivity index (χ0n) is 16.0. The molecule has 2 aromatic heterocycles. The van der Waals surface area contributed by atoms with Gasteiger partial charge in [0.05, 0.1) is 5.69 Å². The van der Waals surface area contributed by atoms with Gasteiger partial charge in [-0.3, -0.25) is 4.68 Å². The first kappa shape index (κ1) is 18.7. The van der Waals surface area contributed by atoms with Crippen LogP contribution in [0.5, 0.6) is 0 Å². The van der Waals surface area contributed by atoms with Crippen molar-refractivity contribution >= 4 is 0 Å². The molecule has 0 spiro atoms. The fourth-order valence-corrected chi connectivity index (χ4v) is 4.44. The fraction of sp³-hybridized carbons (Fsp3) is 0.409. The lowest BCUT2D eigenvalue weighted by molar-refractivity contribution is 0.371. The van der Waals surface area contributed by atoms with Crippen molar-refractivity contribution in [2.75, 3.05) is 0 Å². The van der Waals surface area contributed by atoms with E-state index in [1.807, 2.05) is 17.9 Å². The highest BCUT2D eigenvalue weighted by atomic mass is 19.2. The number of hydrogen-bond acceptors (Lipinski definition) is 3. The Morgan fingerprint density at radius 2 is 1.86 bits per heavy atom. The van der Waals surface area contributed by atoms with E-state index in [0.717, 1.165) is 25.7 Å². The molecular formula is C22H24F2N4. The molecule has 4 nitrogen and oxygen atoms in total. The highest BCUT2D eigenvalue weighted by molar-refractivity contribution is 5.60. The molecule has 146 valence electrons. The Kier molecular flexibility index (Phi) is 5.46. The van der Waals surface area contributed by atoms with Crippen LogP contribution in [0, 0.1) is 17.6 Å². The van der Waals surface area contributed by atoms with Crippen molar-refractivity contribution in [3.05, 3.63) is 65.9 Å². The molecule has 0 aliphatic heterocycles. The first-order chi connectivity index (χ1) is 13.6. The molecule has 0 N–H and O–H groups in total. The molecule has 0 bridgehead atoms. The molecule has 3 aromatic rings. The highest BCUT2D eigenvalue weighted by Gasteiger charge is 2.29. The molecule has 0 radical (unpaired) electrons. The van der Waals surface area contributed by atoms with Crippen LogP contribution in [0.25, 0.3) is 11.3 Å². The van der Waals surface area contributed by atoms with Gasteiger partial charge in [0.2, 0.25) is 0 Å². The molecule has 0 amide bonds. The zero-order chi connectivity index (χ0) is 19.5. The first-order valence-electron chi connectivity index (χ1n) is 9.86. The number of aryl methyl sites for hydroxylation is 1. The SMILES string of the molecule is Cn1nccc1C1CCCCCC1Cc1ccc(-c2ccncn2)c(F)c1F. The number of rotatable bonds is 4. The van der Waals surface area contributed by atoms with Gasteiger partial charge in [0.15, 0.2) is 11.6 Å². The summed E-state index contributed by atoms with van der Waals surface area (Å²) in [5, 5.41) is 4.31. The van der Waals surface area contributed by atoms with Crippen LogP contribution in [0.4, 0.5) is 8.78 Å². The van der Waals surface area contributed by atoms with Gasteiger partial charge in [-0.15, -0.1) is 0 Å². The molecule has 1 aromatic carbocycles. The molecule has 2 unspecified atom stereocenters. The maximum Gasteiger partial charge on any atom is 0.168 e. The molecule has 1 aliphatic carbocycles. The molecule has 4 rings (SSSR count). The van der Waals surface area contributed by atoms with Crippen LogP contribution in [0.1, 0.15) is 49.3 Å². The Bertz CT molecular complexity index is 939. The largest absolute Gasteiger partial charge is 0.272 e. The summed E-state index contributed by atoms with van der Waals surface area (Å²) in [6, 6.07) is 6.98. The van der Waals surface area contributed by atoms with Crippen LogP contribution in [0.15, 0.2) is 43.0 Å². The fourth-order valence-electron chi connectivity index (χ4n) is 4.44. The normalized spacial score (nSPS) is 20.1. The highest BCUT2D eigenvalue weighted by Crippen LogP contribution is 2.39. The van der Waals surface area contributed by atoms with Crippen LogP contribution in [0.2, 0.25) is 0 Å². The quantitative estimate of drug-likeness (QED) is 0.592. The van der Waals surface area contributed by atoms with Gasteiger partial charge in [-0.05, 0) is 48.9 Å². The van der Waals surface area contributed by atoms with Crippen molar-refractivity contribution in [2.24, 2.45) is 13.0 Å². The molecule has 1 fully saturated rings. The van der Waals surface area contributed by atoms with Gasteiger partial charge in [-0.25, -0.2) is 18.7 Å². The van der Waals surface area contributed by atoms with Crippen molar-refractivity contribution in [3.8, 4) is 11.3 Å². The third-order valence-electron chi connectivity index (χ3n) is 5.90. The third-order valence-corrected chi connectivity index (χ3v) is 5.90. The van der Waals surface area contributed by atoms with E-state index in [2.05, 4.69) is 21.1 Å². The first-order valence-corrected chi connectivity index (χ1v) is 9.86. The maximum absolute atomic E-state index is 14.9. The predicted octanol–water partition coefficient (Wildman–Crippen LogP) is 5.06. The Morgan fingerprint density at radius 3 is 2.61 bits per heavy atom. The van der Waals surface area contributed by atoms with E-state index in [1.54, 1.807) is 18.2 Å². The smallest absolute Gasteiger partial charge is 0.168 e. The molecule has 0 saturated heterocycles. The maximum atomic E-state index is 14.9. The third kappa shape index (κ3) is 3.68. The van der Waals surface area contributed by atoms with E-state index in [0.29, 0.717) is 23.6 Å². The number of hydrogen-bond donors (Lipinski definition) is 0. The van der Waals surface area contributed by atoms with Gasteiger partial charge in [-0.1, -0.05) is 25.3 Å². The second kappa shape index (κ2) is 8.17. The van der Waals surface area contributed by atoms with Crippen molar-refractivity contribution in [3.63, 3.8) is 0 Å². The van der Waals surface area contributed by atoms with E-state index >= 15 is 0 Å². The van der Waals surface area contributed by atoms with Crippen molar-refractivity contribution in [1.82, 2.24) is 19.7 Å². The Hall–Kier alpha value is -2.63. The average molecular weight is 382 g/mol. The van der Waals surface area contributed by atoms with Crippen LogP contribution >= 0.6 is 0 Å². The standard InChI is InChI=1S/C22H24F2N4/c1-28-20(10-12-27-28)17-6-4-2-3-5-15(17)13-16-7-8-18(22(24)21(16)23)19-9-11-25-14-26-19/h7-12,14-15,17H,2-6,13H2,1H3. The van der Waals surface area contributed by atoms with E-state index in [9.17, 15) is 8.78 Å². The number of aromatic nitrogens is 4. The minimum Gasteiger partial charge on any atom is -0.272 e. The van der Waals surface area contributed by atoms with Crippen LogP contribution in [-0.4, -0.2) is 19.7 Å². The summed E-state index contributed by atoms with van der Waals surface area (Å²) in [5.41, 5.74) is 2.19. The van der Waals surface area contributed by atoms with Crippen molar-refractivity contribution in [2.45, 2.75) is 44.4 Å². The Labute approximate surface area is 163 Å². The summed E-state index contributed by atoms with van der Waals surface area (Å²) in [4.78, 5) is 7.87. The van der Waals surface area contributed by atoms with Crippen LogP contribution < -0.4 is 0 Å². The van der Waals surface area contributed by atoms with Gasteiger partial charge in [0.25, 0.3) is 0 Å². The zero-order valence-corrected chi connectivity index (χ0v) is 16.0. The minimum absolute atomic E-state index is 0.174. The molecule has 6 heteroatoms. The summed E-state index contributed by atoms with van der Waals surface area (Å²) >= 11 is 0. The monoisotopic (exact) mass is 382 g/mol. The van der Waals surface area contributed by atoms with E-state index < -0.39 is 11.6 Å². The van der Waals surface area contributed by atoms with Gasteiger partial charge in [0.1, 0.15) is 6.33 Å². The number of nitrogens with zero attached hydrogens (tertiary/aromatic N) is 4. The van der Waals surface area contributed by atoms with E-state index in [4.69, 9.17) is 0 Å². The molecule has 2 atom stereocenters. The van der Waals surface area contributed by atoms with Gasteiger partial charge in [-0.2, -0.15) is 5.10 Å². The lowest BCUT2D eigenvalue weighted by Gasteiger charge is -2.26. The predicted molar refractivity (Wildman–Crippen MR) is 104 cm³/mol. The Morgan fingerprint density at radius 1 is 1.00 bits per heavy atom. The topological polar surface area (TPSA) is 43.6 Å². The second-order valence-corrected chi connectivity index (χ2v) is 7.58. The van der Waals surface area contributed by atoms with E-state index in [1.165, 1.54) is 24.6 Å². The summed E-state index contributed by atoms with van der Waals surface area (Å²) in [7, 11) is 1.95. The summed E-state index contributed by atoms with van der Waals surface area (Å²) in [5.74, 6) is -0.998. The van der Waals surface area contributed by atoms with Gasteiger partial charge in [0, 0.05) is 36.6 Å². The molecular weight excluding hydrogens is 358 g/mol. The second-order valence-electron chi connectivity index (χ2n) is 7.58. The van der Waals surface area contributed by atoms with Crippen molar-refractivity contribution < 1.29 is 8.78 Å². The summed E-state index contributed by atoms with van der Waals surface area (Å²) in [6.45, 7) is 0. The molecule has 2 heterocycles.